The number of nitrogens with zero attached hydrogens (tertiary/aromatic N) is 7. The number of aryl methyl sites for hydroxylation is 2. The minimum Gasteiger partial charge on any atom is -0.346 e. The van der Waals surface area contributed by atoms with E-state index < -0.39 is 17.7 Å². The van der Waals surface area contributed by atoms with Crippen LogP contribution in [0.25, 0.3) is 22.6 Å². The number of anilines is 2. The van der Waals surface area contributed by atoms with Gasteiger partial charge in [0.1, 0.15) is 17.5 Å². The molecule has 0 spiro atoms. The number of H-pyrrole nitrogens is 1. The van der Waals surface area contributed by atoms with Crippen molar-refractivity contribution in [2.45, 2.75) is 20.4 Å². The van der Waals surface area contributed by atoms with Crippen LogP contribution < -0.4 is 10.6 Å². The largest absolute Gasteiger partial charge is 0.346 e. The van der Waals surface area contributed by atoms with Crippen LogP contribution in [-0.4, -0.2) is 54.1 Å². The maximum absolute atomic E-state index is 15.0. The summed E-state index contributed by atoms with van der Waals surface area (Å²) in [6.07, 6.45) is 6.10. The third-order valence-electron chi connectivity index (χ3n) is 5.88. The summed E-state index contributed by atoms with van der Waals surface area (Å²) >= 11 is 0. The SMILES string of the molecule is CN=Cc1ncc(Nc2cc(C)nc(-c3cnc(C(=O)NCc4ccc(-c5ccc(F)nc5C)nc4)c(F)c3)n2)[nH]1. The summed E-state index contributed by atoms with van der Waals surface area (Å²) in [5.74, 6) is -0.198. The maximum atomic E-state index is 15.0. The summed E-state index contributed by atoms with van der Waals surface area (Å²) in [4.78, 5) is 44.8. The van der Waals surface area contributed by atoms with Gasteiger partial charge in [-0.05, 0) is 43.7 Å². The number of aliphatic imine (C=N–C) groups is 1. The van der Waals surface area contributed by atoms with Crippen LogP contribution in [0.1, 0.15) is 33.3 Å². The Bertz CT molecular complexity index is 1750. The van der Waals surface area contributed by atoms with Gasteiger partial charge >= 0.3 is 0 Å². The highest BCUT2D eigenvalue weighted by atomic mass is 19.1. The number of aromatic nitrogens is 7. The first-order chi connectivity index (χ1) is 19.8. The lowest BCUT2D eigenvalue weighted by molar-refractivity contribution is 0.0941. The Hall–Kier alpha value is -5.46. The molecule has 11 nitrogen and oxygen atoms in total. The number of carbonyl (C=O) groups is 1. The summed E-state index contributed by atoms with van der Waals surface area (Å²) in [6.45, 7) is 3.58. The van der Waals surface area contributed by atoms with Crippen molar-refractivity contribution in [3.63, 3.8) is 0 Å². The normalized spacial score (nSPS) is 11.1. The van der Waals surface area contributed by atoms with Gasteiger partial charge < -0.3 is 15.6 Å². The molecule has 5 aromatic heterocycles. The Morgan fingerprint density at radius 1 is 1.00 bits per heavy atom. The van der Waals surface area contributed by atoms with Crippen LogP contribution in [0.4, 0.5) is 20.4 Å². The average molecular weight is 555 g/mol. The van der Waals surface area contributed by atoms with Gasteiger partial charge in [0, 0.05) is 54.6 Å². The molecule has 5 rings (SSSR count). The van der Waals surface area contributed by atoms with Gasteiger partial charge in [0.05, 0.1) is 18.1 Å². The fraction of sp³-hybridized carbons (Fsp3) is 0.143. The molecule has 0 bridgehead atoms. The van der Waals surface area contributed by atoms with E-state index in [1.54, 1.807) is 63.8 Å². The second-order valence-electron chi connectivity index (χ2n) is 8.97. The molecular weight excluding hydrogens is 530 g/mol. The minimum atomic E-state index is -0.815. The molecule has 0 radical (unpaired) electrons. The van der Waals surface area contributed by atoms with Crippen LogP contribution in [0.3, 0.4) is 0 Å². The lowest BCUT2D eigenvalue weighted by Crippen LogP contribution is -2.25. The summed E-state index contributed by atoms with van der Waals surface area (Å²) < 4.78 is 28.3. The van der Waals surface area contributed by atoms with E-state index in [9.17, 15) is 13.6 Å². The van der Waals surface area contributed by atoms with E-state index in [1.165, 1.54) is 18.3 Å². The molecule has 3 N–H and O–H groups in total. The number of carbonyl (C=O) groups excluding carboxylic acids is 1. The van der Waals surface area contributed by atoms with Crippen molar-refractivity contribution in [2.75, 3.05) is 12.4 Å². The lowest BCUT2D eigenvalue weighted by Gasteiger charge is -2.09. The minimum absolute atomic E-state index is 0.102. The Kier molecular flexibility index (Phi) is 7.76. The van der Waals surface area contributed by atoms with Crippen molar-refractivity contribution >= 4 is 23.8 Å². The van der Waals surface area contributed by atoms with E-state index in [1.807, 2.05) is 0 Å². The molecule has 206 valence electrons. The number of halogens is 2. The van der Waals surface area contributed by atoms with Crippen molar-refractivity contribution in [1.29, 1.82) is 0 Å². The molecule has 0 saturated heterocycles. The van der Waals surface area contributed by atoms with Gasteiger partial charge in [-0.25, -0.2) is 29.3 Å². The number of hydrogen-bond acceptors (Lipinski definition) is 9. The Morgan fingerprint density at radius 2 is 1.85 bits per heavy atom. The molecule has 0 aromatic carbocycles. The smallest absolute Gasteiger partial charge is 0.273 e. The van der Waals surface area contributed by atoms with E-state index in [2.05, 4.69) is 50.5 Å². The van der Waals surface area contributed by atoms with Gasteiger partial charge in [-0.2, -0.15) is 4.39 Å². The molecule has 1 amide bonds. The molecular formula is C28H24F2N10O. The average Bonchev–Trinajstić information content (AvgIpc) is 3.38. The van der Waals surface area contributed by atoms with Crippen LogP contribution >= 0.6 is 0 Å². The van der Waals surface area contributed by atoms with Crippen LogP contribution in [0.5, 0.6) is 0 Å². The van der Waals surface area contributed by atoms with Crippen molar-refractivity contribution in [2.24, 2.45) is 4.99 Å². The zero-order chi connectivity index (χ0) is 28.9. The standard InChI is InChI=1S/C28H24F2N10O/c1-15-8-23(38-25-14-33-24(39-25)13-31-3)40-27(36-15)18-9-20(29)26(34-12-18)28(41)35-11-17-4-6-21(32-10-17)19-5-7-22(30)37-16(19)2/h4-10,12-14H,11H2,1-3H3,(H,33,39)(H,35,41)(H,36,38,40). The molecule has 0 unspecified atom stereocenters. The van der Waals surface area contributed by atoms with Crippen LogP contribution in [0, 0.1) is 25.6 Å². The van der Waals surface area contributed by atoms with E-state index in [0.29, 0.717) is 51.2 Å². The monoisotopic (exact) mass is 554 g/mol. The van der Waals surface area contributed by atoms with Gasteiger partial charge in [0.25, 0.3) is 5.91 Å². The molecule has 0 atom stereocenters. The van der Waals surface area contributed by atoms with Gasteiger partial charge in [0.2, 0.25) is 5.95 Å². The van der Waals surface area contributed by atoms with Crippen molar-refractivity contribution < 1.29 is 13.6 Å². The molecule has 13 heteroatoms. The number of rotatable bonds is 8. The molecule has 5 aromatic rings. The summed E-state index contributed by atoms with van der Waals surface area (Å²) in [5, 5.41) is 5.74. The molecule has 0 aliphatic carbocycles. The first-order valence-electron chi connectivity index (χ1n) is 12.4. The third kappa shape index (κ3) is 6.41. The summed E-state index contributed by atoms with van der Waals surface area (Å²) in [7, 11) is 1.64. The Balaban J connectivity index is 1.26. The maximum Gasteiger partial charge on any atom is 0.273 e. The number of amides is 1. The number of imidazole rings is 1. The van der Waals surface area contributed by atoms with Crippen molar-refractivity contribution in [3.8, 4) is 22.6 Å². The molecule has 0 saturated carbocycles. The molecule has 41 heavy (non-hydrogen) atoms. The molecule has 0 fully saturated rings. The number of aromatic amines is 1. The molecule has 5 heterocycles. The lowest BCUT2D eigenvalue weighted by atomic mass is 10.1. The predicted molar refractivity (Wildman–Crippen MR) is 149 cm³/mol. The van der Waals surface area contributed by atoms with Crippen LogP contribution in [0.2, 0.25) is 0 Å². The first-order valence-corrected chi connectivity index (χ1v) is 12.4. The van der Waals surface area contributed by atoms with E-state index in [-0.39, 0.29) is 18.1 Å². The third-order valence-corrected chi connectivity index (χ3v) is 5.88. The number of pyridine rings is 3. The van der Waals surface area contributed by atoms with E-state index in [0.717, 1.165) is 0 Å². The fourth-order valence-corrected chi connectivity index (χ4v) is 3.97. The van der Waals surface area contributed by atoms with Gasteiger partial charge in [-0.1, -0.05) is 6.07 Å². The van der Waals surface area contributed by atoms with Crippen molar-refractivity contribution in [1.82, 2.24) is 40.2 Å². The zero-order valence-corrected chi connectivity index (χ0v) is 22.3. The predicted octanol–water partition coefficient (Wildman–Crippen LogP) is 4.34. The highest BCUT2D eigenvalue weighted by Gasteiger charge is 2.17. The van der Waals surface area contributed by atoms with Gasteiger partial charge in [0.15, 0.2) is 17.3 Å². The number of nitrogens with one attached hydrogen (secondary N) is 3. The van der Waals surface area contributed by atoms with Crippen LogP contribution in [-0.2, 0) is 6.54 Å². The topological polar surface area (TPSA) is 147 Å². The molecule has 0 aliphatic heterocycles. The summed E-state index contributed by atoms with van der Waals surface area (Å²) in [6, 6.07) is 9.28. The summed E-state index contributed by atoms with van der Waals surface area (Å²) in [5.41, 5.74) is 3.10. The highest BCUT2D eigenvalue weighted by molar-refractivity contribution is 5.92. The Labute approximate surface area is 233 Å². The van der Waals surface area contributed by atoms with E-state index in [4.69, 9.17) is 0 Å². The number of hydrogen-bond donors (Lipinski definition) is 3. The van der Waals surface area contributed by atoms with E-state index >= 15 is 0 Å². The quantitative estimate of drug-likeness (QED) is 0.190. The second-order valence-corrected chi connectivity index (χ2v) is 8.97. The highest BCUT2D eigenvalue weighted by Crippen LogP contribution is 2.22. The fourth-order valence-electron chi connectivity index (χ4n) is 3.97. The van der Waals surface area contributed by atoms with Crippen molar-refractivity contribution in [3.05, 3.63) is 95.2 Å². The Morgan fingerprint density at radius 3 is 2.59 bits per heavy atom. The zero-order valence-electron chi connectivity index (χ0n) is 22.3. The second kappa shape index (κ2) is 11.7. The molecule has 0 aliphatic rings. The van der Waals surface area contributed by atoms with Gasteiger partial charge in [-0.3, -0.25) is 14.8 Å². The van der Waals surface area contributed by atoms with Crippen LogP contribution in [0.15, 0.2) is 60.0 Å². The first kappa shape index (κ1) is 27.1. The van der Waals surface area contributed by atoms with Gasteiger partial charge in [-0.15, -0.1) is 0 Å².